The first kappa shape index (κ1) is 13.5. The third-order valence-electron chi connectivity index (χ3n) is 2.37. The summed E-state index contributed by atoms with van der Waals surface area (Å²) in [6.07, 6.45) is 3.89. The van der Waals surface area contributed by atoms with Crippen molar-refractivity contribution < 1.29 is 0 Å². The predicted molar refractivity (Wildman–Crippen MR) is 66.5 cm³/mol. The molecule has 0 aliphatic heterocycles. The highest BCUT2D eigenvalue weighted by atomic mass is 35.5. The number of hydrogen-bond acceptors (Lipinski definition) is 0. The summed E-state index contributed by atoms with van der Waals surface area (Å²) in [5, 5.41) is 0.764. The Morgan fingerprint density at radius 2 is 1.64 bits per heavy atom. The minimum Gasteiger partial charge on any atom is -0.0976 e. The van der Waals surface area contributed by atoms with Gasteiger partial charge >= 0.3 is 0 Å². The van der Waals surface area contributed by atoms with Crippen LogP contribution in [-0.2, 0) is 0 Å². The van der Waals surface area contributed by atoms with Crippen molar-refractivity contribution in [1.29, 1.82) is 0 Å². The molecule has 0 atom stereocenters. The van der Waals surface area contributed by atoms with Crippen LogP contribution in [0, 0.1) is 11.8 Å². The van der Waals surface area contributed by atoms with Crippen molar-refractivity contribution in [1.82, 2.24) is 0 Å². The maximum Gasteiger partial charge on any atom is 0.0434 e. The van der Waals surface area contributed by atoms with Crippen LogP contribution in [-0.4, -0.2) is 0 Å². The minimum atomic E-state index is 0.439. The van der Waals surface area contributed by atoms with Gasteiger partial charge in [0.1, 0.15) is 0 Å². The molecule has 0 nitrogen and oxygen atoms in total. The molecule has 0 amide bonds. The Morgan fingerprint density at radius 3 is 1.93 bits per heavy atom. The Bertz CT molecular complexity index is 254. The van der Waals surface area contributed by atoms with E-state index in [0.29, 0.717) is 11.8 Å². The van der Waals surface area contributed by atoms with E-state index >= 15 is 0 Å². The maximum absolute atomic E-state index is 6.09. The Morgan fingerprint density at radius 1 is 1.14 bits per heavy atom. The van der Waals surface area contributed by atoms with Gasteiger partial charge < -0.3 is 0 Å². The zero-order valence-electron chi connectivity index (χ0n) is 9.89. The van der Waals surface area contributed by atoms with Crippen LogP contribution in [0.4, 0.5) is 0 Å². The maximum atomic E-state index is 6.09. The summed E-state index contributed by atoms with van der Waals surface area (Å²) in [5.41, 5.74) is 2.53. The molecule has 0 saturated carbocycles. The van der Waals surface area contributed by atoms with E-state index in [0.717, 1.165) is 5.03 Å². The van der Waals surface area contributed by atoms with Gasteiger partial charge in [0.15, 0.2) is 0 Å². The van der Waals surface area contributed by atoms with Crippen molar-refractivity contribution in [2.24, 2.45) is 11.8 Å². The fourth-order valence-corrected chi connectivity index (χ4v) is 1.31. The molecule has 80 valence electrons. The van der Waals surface area contributed by atoms with Crippen LogP contribution in [0.2, 0.25) is 0 Å². The van der Waals surface area contributed by atoms with Crippen LogP contribution < -0.4 is 0 Å². The Kier molecular flexibility index (Phi) is 5.87. The SMILES string of the molecule is C=C/C(Cl)=C(\C=C(/C)C(C)C)C(C)C. The van der Waals surface area contributed by atoms with Crippen molar-refractivity contribution in [3.05, 3.63) is 34.9 Å². The zero-order chi connectivity index (χ0) is 11.3. The lowest BCUT2D eigenvalue weighted by atomic mass is 9.96. The van der Waals surface area contributed by atoms with Crippen LogP contribution in [0.3, 0.4) is 0 Å². The molecule has 0 aromatic rings. The van der Waals surface area contributed by atoms with E-state index in [1.165, 1.54) is 11.1 Å². The Balaban J connectivity index is 5.07. The second-order valence-electron chi connectivity index (χ2n) is 4.21. The van der Waals surface area contributed by atoms with Gasteiger partial charge in [0.2, 0.25) is 0 Å². The van der Waals surface area contributed by atoms with Crippen molar-refractivity contribution in [3.63, 3.8) is 0 Å². The highest BCUT2D eigenvalue weighted by Crippen LogP contribution is 2.23. The summed E-state index contributed by atoms with van der Waals surface area (Å²) < 4.78 is 0. The molecule has 0 aromatic carbocycles. The first-order valence-corrected chi connectivity index (χ1v) is 5.48. The standard InChI is InChI=1S/C13H21Cl/c1-7-13(14)12(10(4)5)8-11(6)9(2)3/h7-10H,1H2,2-6H3/b11-8+,13-12-. The van der Waals surface area contributed by atoms with Crippen molar-refractivity contribution in [3.8, 4) is 0 Å². The number of halogens is 1. The van der Waals surface area contributed by atoms with Gasteiger partial charge in [-0.3, -0.25) is 0 Å². The average molecular weight is 213 g/mol. The molecule has 0 fully saturated rings. The molecule has 0 saturated heterocycles. The number of hydrogen-bond donors (Lipinski definition) is 0. The van der Waals surface area contributed by atoms with Crippen LogP contribution in [0.15, 0.2) is 34.9 Å². The molecular formula is C13H21Cl. The van der Waals surface area contributed by atoms with E-state index in [9.17, 15) is 0 Å². The van der Waals surface area contributed by atoms with E-state index in [4.69, 9.17) is 11.6 Å². The number of rotatable bonds is 4. The van der Waals surface area contributed by atoms with Crippen LogP contribution in [0.5, 0.6) is 0 Å². The highest BCUT2D eigenvalue weighted by Gasteiger charge is 2.06. The molecule has 0 rings (SSSR count). The molecule has 1 heteroatoms. The molecule has 0 aliphatic rings. The van der Waals surface area contributed by atoms with E-state index in [2.05, 4.69) is 47.3 Å². The molecule has 0 bridgehead atoms. The lowest BCUT2D eigenvalue weighted by molar-refractivity contribution is 0.748. The monoisotopic (exact) mass is 212 g/mol. The van der Waals surface area contributed by atoms with Crippen molar-refractivity contribution >= 4 is 11.6 Å². The van der Waals surface area contributed by atoms with E-state index in [1.54, 1.807) is 6.08 Å². The van der Waals surface area contributed by atoms with Gasteiger partial charge in [-0.1, -0.05) is 63.6 Å². The summed E-state index contributed by atoms with van der Waals surface area (Å²) in [7, 11) is 0. The second kappa shape index (κ2) is 6.08. The summed E-state index contributed by atoms with van der Waals surface area (Å²) in [6, 6.07) is 0. The van der Waals surface area contributed by atoms with Gasteiger partial charge in [0.25, 0.3) is 0 Å². The predicted octanol–water partition coefficient (Wildman–Crippen LogP) is 4.92. The summed E-state index contributed by atoms with van der Waals surface area (Å²) >= 11 is 6.09. The summed E-state index contributed by atoms with van der Waals surface area (Å²) in [4.78, 5) is 0. The Hall–Kier alpha value is -0.490. The zero-order valence-corrected chi connectivity index (χ0v) is 10.7. The summed E-state index contributed by atoms with van der Waals surface area (Å²) in [6.45, 7) is 14.5. The first-order valence-electron chi connectivity index (χ1n) is 5.10. The number of allylic oxidation sites excluding steroid dienone is 5. The van der Waals surface area contributed by atoms with Gasteiger partial charge in [0.05, 0.1) is 0 Å². The van der Waals surface area contributed by atoms with E-state index < -0.39 is 0 Å². The first-order chi connectivity index (χ1) is 6.40. The van der Waals surface area contributed by atoms with E-state index in [1.807, 2.05) is 0 Å². The fourth-order valence-electron chi connectivity index (χ4n) is 1.04. The van der Waals surface area contributed by atoms with Crippen molar-refractivity contribution in [2.45, 2.75) is 34.6 Å². The molecule has 0 spiro atoms. The van der Waals surface area contributed by atoms with Crippen molar-refractivity contribution in [2.75, 3.05) is 0 Å². The molecule has 14 heavy (non-hydrogen) atoms. The van der Waals surface area contributed by atoms with E-state index in [-0.39, 0.29) is 0 Å². The normalized spacial score (nSPS) is 14.7. The van der Waals surface area contributed by atoms with Gasteiger partial charge in [-0.2, -0.15) is 0 Å². The minimum absolute atomic E-state index is 0.439. The summed E-state index contributed by atoms with van der Waals surface area (Å²) in [5.74, 6) is 1.01. The topological polar surface area (TPSA) is 0 Å². The van der Waals surface area contributed by atoms with Gasteiger partial charge in [0, 0.05) is 5.03 Å². The lowest BCUT2D eigenvalue weighted by Crippen LogP contribution is -1.97. The highest BCUT2D eigenvalue weighted by molar-refractivity contribution is 6.31. The molecule has 0 heterocycles. The van der Waals surface area contributed by atoms with Crippen LogP contribution in [0.25, 0.3) is 0 Å². The van der Waals surface area contributed by atoms with Gasteiger partial charge in [-0.15, -0.1) is 0 Å². The second-order valence-corrected chi connectivity index (χ2v) is 4.61. The lowest BCUT2D eigenvalue weighted by Gasteiger charge is -2.12. The third kappa shape index (κ3) is 4.15. The van der Waals surface area contributed by atoms with Crippen LogP contribution >= 0.6 is 11.6 Å². The van der Waals surface area contributed by atoms with Gasteiger partial charge in [-0.05, 0) is 24.3 Å². The Labute approximate surface area is 93.4 Å². The quantitative estimate of drug-likeness (QED) is 0.580. The largest absolute Gasteiger partial charge is 0.0976 e. The molecule has 0 unspecified atom stereocenters. The van der Waals surface area contributed by atoms with Crippen LogP contribution in [0.1, 0.15) is 34.6 Å². The molecular weight excluding hydrogens is 192 g/mol. The molecule has 0 aliphatic carbocycles. The molecule has 0 radical (unpaired) electrons. The molecule has 0 aromatic heterocycles. The average Bonchev–Trinajstić information content (AvgIpc) is 2.11. The fraction of sp³-hybridized carbons (Fsp3) is 0.538. The smallest absolute Gasteiger partial charge is 0.0434 e. The molecule has 0 N–H and O–H groups in total. The third-order valence-corrected chi connectivity index (χ3v) is 2.74. The van der Waals surface area contributed by atoms with Gasteiger partial charge in [-0.25, -0.2) is 0 Å².